The number of nitrogens with zero attached hydrogens (tertiary/aromatic N) is 4. The molecule has 2 aliphatic heterocycles. The molecule has 2 saturated heterocycles. The Morgan fingerprint density at radius 3 is 2.63 bits per heavy atom. The fourth-order valence-electron chi connectivity index (χ4n) is 6.57. The van der Waals surface area contributed by atoms with Crippen molar-refractivity contribution in [2.45, 2.75) is 78.7 Å². The molecule has 2 atom stereocenters. The third-order valence-electron chi connectivity index (χ3n) is 8.98. The molecular weight excluding hydrogens is 519 g/mol. The number of halogens is 1. The minimum absolute atomic E-state index is 0.00214. The van der Waals surface area contributed by atoms with Gasteiger partial charge in [-0.1, -0.05) is 13.8 Å². The van der Waals surface area contributed by atoms with E-state index >= 15 is 0 Å². The summed E-state index contributed by atoms with van der Waals surface area (Å²) in [6.07, 6.45) is 9.97. The van der Waals surface area contributed by atoms with Crippen molar-refractivity contribution in [1.29, 1.82) is 0 Å². The minimum Gasteiger partial charge on any atom is -0.350 e. The van der Waals surface area contributed by atoms with Crippen LogP contribution in [0.5, 0.6) is 0 Å². The van der Waals surface area contributed by atoms with Gasteiger partial charge in [0, 0.05) is 43.5 Å². The highest BCUT2D eigenvalue weighted by Crippen LogP contribution is 2.34. The van der Waals surface area contributed by atoms with E-state index in [1.807, 2.05) is 30.8 Å². The number of amides is 1. The second-order valence-electron chi connectivity index (χ2n) is 12.5. The normalized spacial score (nSPS) is 19.2. The fraction of sp³-hybridized carbons (Fsp3) is 0.576. The number of carbonyl (C=O) groups excluding carboxylic acids is 1. The van der Waals surface area contributed by atoms with Crippen LogP contribution in [0.4, 0.5) is 4.39 Å². The summed E-state index contributed by atoms with van der Waals surface area (Å²) < 4.78 is 27.9. The smallest absolute Gasteiger partial charge is 0.256 e. The molecule has 1 amide bonds. The molecule has 2 aromatic heterocycles. The zero-order valence-corrected chi connectivity index (χ0v) is 25.4. The third-order valence-corrected chi connectivity index (χ3v) is 8.98. The summed E-state index contributed by atoms with van der Waals surface area (Å²) in [5.74, 6) is 0.474. The van der Waals surface area contributed by atoms with Gasteiger partial charge in [0.15, 0.2) is 6.29 Å². The third kappa shape index (κ3) is 6.35. The summed E-state index contributed by atoms with van der Waals surface area (Å²) in [7, 11) is 1.76. The number of benzene rings is 1. The average molecular weight is 565 g/mol. The Hall–Kier alpha value is -2.81. The van der Waals surface area contributed by atoms with Gasteiger partial charge in [0.05, 0.1) is 36.2 Å². The Bertz CT molecular complexity index is 1360. The largest absolute Gasteiger partial charge is 0.350 e. The average Bonchev–Trinajstić information content (AvgIpc) is 3.70. The van der Waals surface area contributed by atoms with E-state index in [2.05, 4.69) is 36.9 Å². The molecule has 8 heteroatoms. The molecule has 3 aromatic rings. The van der Waals surface area contributed by atoms with Crippen molar-refractivity contribution in [3.8, 4) is 5.69 Å². The molecule has 222 valence electrons. The van der Waals surface area contributed by atoms with E-state index in [4.69, 9.17) is 9.47 Å². The first-order valence-corrected chi connectivity index (χ1v) is 15.1. The maximum Gasteiger partial charge on any atom is 0.256 e. The zero-order valence-electron chi connectivity index (χ0n) is 25.4. The molecule has 0 bridgehead atoms. The summed E-state index contributed by atoms with van der Waals surface area (Å²) in [5.41, 5.74) is 4.34. The second-order valence-corrected chi connectivity index (χ2v) is 12.5. The van der Waals surface area contributed by atoms with Crippen LogP contribution in [0.25, 0.3) is 16.6 Å². The van der Waals surface area contributed by atoms with Crippen molar-refractivity contribution in [1.82, 2.24) is 19.4 Å². The van der Waals surface area contributed by atoms with E-state index in [0.29, 0.717) is 42.3 Å². The first-order valence-electron chi connectivity index (χ1n) is 15.1. The predicted octanol–water partition coefficient (Wildman–Crippen LogP) is 6.00. The molecule has 1 aromatic carbocycles. The van der Waals surface area contributed by atoms with Crippen molar-refractivity contribution >= 4 is 16.8 Å². The van der Waals surface area contributed by atoms with Gasteiger partial charge in [0.25, 0.3) is 5.91 Å². The Balaban J connectivity index is 1.41. The van der Waals surface area contributed by atoms with E-state index < -0.39 is 5.82 Å². The van der Waals surface area contributed by atoms with E-state index in [9.17, 15) is 9.18 Å². The Morgan fingerprint density at radius 1 is 1.17 bits per heavy atom. The number of carbonyl (C=O) groups is 1. The van der Waals surface area contributed by atoms with E-state index in [-0.39, 0.29) is 18.2 Å². The molecule has 7 nitrogen and oxygen atoms in total. The lowest BCUT2D eigenvalue weighted by molar-refractivity contribution is -0.0527. The number of hydrogen-bond donors (Lipinski definition) is 0. The summed E-state index contributed by atoms with van der Waals surface area (Å²) >= 11 is 0. The maximum atomic E-state index is 14.4. The van der Waals surface area contributed by atoms with Gasteiger partial charge in [-0.3, -0.25) is 14.7 Å². The maximum absolute atomic E-state index is 14.4. The van der Waals surface area contributed by atoms with Gasteiger partial charge in [-0.25, -0.2) is 4.39 Å². The van der Waals surface area contributed by atoms with Crippen molar-refractivity contribution in [3.05, 3.63) is 59.3 Å². The number of aryl methyl sites for hydroxylation is 1. The first-order chi connectivity index (χ1) is 19.6. The van der Waals surface area contributed by atoms with Crippen LogP contribution in [0.2, 0.25) is 0 Å². The van der Waals surface area contributed by atoms with Crippen molar-refractivity contribution in [3.63, 3.8) is 0 Å². The summed E-state index contributed by atoms with van der Waals surface area (Å²) in [6, 6.07) is 5.00. The van der Waals surface area contributed by atoms with Crippen molar-refractivity contribution < 1.29 is 18.7 Å². The Morgan fingerprint density at radius 2 is 1.93 bits per heavy atom. The quantitative estimate of drug-likeness (QED) is 0.303. The molecule has 0 spiro atoms. The number of rotatable bonds is 10. The summed E-state index contributed by atoms with van der Waals surface area (Å²) in [6.45, 7) is 14.2. The first kappa shape index (κ1) is 29.7. The summed E-state index contributed by atoms with van der Waals surface area (Å²) in [5, 5.41) is 1.18. The molecule has 0 N–H and O–H groups in total. The van der Waals surface area contributed by atoms with Crippen LogP contribution in [-0.4, -0.2) is 77.0 Å². The highest BCUT2D eigenvalue weighted by atomic mass is 19.1. The highest BCUT2D eigenvalue weighted by molar-refractivity contribution is 5.99. The van der Waals surface area contributed by atoms with E-state index in [0.717, 1.165) is 49.9 Å². The van der Waals surface area contributed by atoms with Crippen LogP contribution in [0, 0.1) is 24.6 Å². The standard InChI is InChI=1S/C33H45FN4O3/c1-21(2)28(9-10-31-40-13-14-41-31)37-12-11-24(19-37)15-25-20-38(30-18-35-17-23(5)32(25)30)29-8-7-26(34)16-27(29)33(39)36(6)22(3)4/h7-8,16-18,20-22,24,28,31H,9-15,19H2,1-6H3/t24-,28?/m1/s1. The van der Waals surface area contributed by atoms with E-state index in [1.54, 1.807) is 18.0 Å². The van der Waals surface area contributed by atoms with Gasteiger partial charge in [0.1, 0.15) is 5.82 Å². The Labute approximate surface area is 243 Å². The molecule has 0 aliphatic carbocycles. The predicted molar refractivity (Wildman–Crippen MR) is 160 cm³/mol. The molecule has 1 unspecified atom stereocenters. The number of hydrogen-bond acceptors (Lipinski definition) is 5. The molecule has 41 heavy (non-hydrogen) atoms. The Kier molecular flexibility index (Phi) is 9.12. The van der Waals surface area contributed by atoms with Crippen LogP contribution >= 0.6 is 0 Å². The molecule has 4 heterocycles. The summed E-state index contributed by atoms with van der Waals surface area (Å²) in [4.78, 5) is 22.2. The van der Waals surface area contributed by atoms with E-state index in [1.165, 1.54) is 23.1 Å². The topological polar surface area (TPSA) is 59.8 Å². The van der Waals surface area contributed by atoms with Gasteiger partial charge >= 0.3 is 0 Å². The second kappa shape index (κ2) is 12.6. The fourth-order valence-corrected chi connectivity index (χ4v) is 6.57. The molecule has 2 fully saturated rings. The number of likely N-dealkylation sites (tertiary alicyclic amines) is 1. The van der Waals surface area contributed by atoms with Gasteiger partial charge < -0.3 is 18.9 Å². The minimum atomic E-state index is -0.419. The lowest BCUT2D eigenvalue weighted by Crippen LogP contribution is -2.38. The molecule has 5 rings (SSSR count). The van der Waals surface area contributed by atoms with Crippen LogP contribution in [0.15, 0.2) is 36.8 Å². The zero-order chi connectivity index (χ0) is 29.3. The lowest BCUT2D eigenvalue weighted by Gasteiger charge is -2.32. The number of ether oxygens (including phenoxy) is 2. The van der Waals surface area contributed by atoms with Gasteiger partial charge in [-0.15, -0.1) is 0 Å². The van der Waals surface area contributed by atoms with Gasteiger partial charge in [-0.2, -0.15) is 0 Å². The monoisotopic (exact) mass is 564 g/mol. The van der Waals surface area contributed by atoms with Crippen LogP contribution in [-0.2, 0) is 15.9 Å². The van der Waals surface area contributed by atoms with Crippen LogP contribution in [0.3, 0.4) is 0 Å². The lowest BCUT2D eigenvalue weighted by atomic mass is 9.96. The van der Waals surface area contributed by atoms with Crippen molar-refractivity contribution in [2.75, 3.05) is 33.4 Å². The van der Waals surface area contributed by atoms with Gasteiger partial charge in [-0.05, 0) is 94.2 Å². The van der Waals surface area contributed by atoms with Crippen molar-refractivity contribution in [2.24, 2.45) is 11.8 Å². The number of aromatic nitrogens is 2. The molecule has 0 radical (unpaired) electrons. The number of pyridine rings is 1. The SMILES string of the molecule is Cc1cncc2c1c(C[C@H]1CCN(C(CCC3OCCO3)C(C)C)C1)cn2-c1ccc(F)cc1C(=O)N(C)C(C)C. The van der Waals surface area contributed by atoms with Gasteiger partial charge in [0.2, 0.25) is 0 Å². The molecule has 2 aliphatic rings. The van der Waals surface area contributed by atoms with Crippen LogP contribution in [0.1, 0.15) is 68.4 Å². The van der Waals surface area contributed by atoms with Crippen LogP contribution < -0.4 is 0 Å². The highest BCUT2D eigenvalue weighted by Gasteiger charge is 2.32. The number of fused-ring (bicyclic) bond motifs is 1. The molecule has 0 saturated carbocycles. The molecular formula is C33H45FN4O3.